The molecular formula is C23H26N2O3. The zero-order chi connectivity index (χ0) is 19.5. The summed E-state index contributed by atoms with van der Waals surface area (Å²) in [6.45, 7) is 3.46. The third-order valence-electron chi connectivity index (χ3n) is 5.43. The minimum Gasteiger partial charge on any atom is -0.368 e. The lowest BCUT2D eigenvalue weighted by Crippen LogP contribution is -2.26. The summed E-state index contributed by atoms with van der Waals surface area (Å²) in [6.07, 6.45) is 3.79. The Balaban J connectivity index is 1.46. The van der Waals surface area contributed by atoms with Crippen molar-refractivity contribution in [3.8, 4) is 11.1 Å². The number of aryl methyl sites for hydroxylation is 1. The van der Waals surface area contributed by atoms with Crippen molar-refractivity contribution in [1.29, 1.82) is 0 Å². The largest absolute Gasteiger partial charge is 0.368 e. The van der Waals surface area contributed by atoms with Crippen LogP contribution in [0.5, 0.6) is 0 Å². The molecule has 2 aromatic rings. The molecule has 2 aliphatic rings. The van der Waals surface area contributed by atoms with Crippen molar-refractivity contribution in [3.05, 3.63) is 53.6 Å². The van der Waals surface area contributed by atoms with E-state index < -0.39 is 0 Å². The third-order valence-corrected chi connectivity index (χ3v) is 5.43. The number of carbonyl (C=O) groups excluding carboxylic acids is 2. The highest BCUT2D eigenvalue weighted by Gasteiger charge is 2.24. The maximum absolute atomic E-state index is 12.3. The van der Waals surface area contributed by atoms with E-state index in [1.165, 1.54) is 12.8 Å². The van der Waals surface area contributed by atoms with Gasteiger partial charge in [-0.15, -0.1) is 0 Å². The second-order valence-electron chi connectivity index (χ2n) is 7.75. The first-order valence-corrected chi connectivity index (χ1v) is 10.0. The van der Waals surface area contributed by atoms with Crippen LogP contribution in [0.4, 0.5) is 5.69 Å². The summed E-state index contributed by atoms with van der Waals surface area (Å²) in [7, 11) is 0. The van der Waals surface area contributed by atoms with Crippen LogP contribution in [0.2, 0.25) is 0 Å². The lowest BCUT2D eigenvalue weighted by atomic mass is 9.98. The molecule has 0 radical (unpaired) electrons. The van der Waals surface area contributed by atoms with Crippen molar-refractivity contribution in [2.75, 3.05) is 18.5 Å². The summed E-state index contributed by atoms with van der Waals surface area (Å²) in [5, 5.41) is 5.95. The average Bonchev–Trinajstić information content (AvgIpc) is 3.38. The Morgan fingerprint density at radius 2 is 1.86 bits per heavy atom. The molecule has 4 rings (SSSR count). The molecule has 0 aromatic heterocycles. The van der Waals surface area contributed by atoms with Crippen LogP contribution in [0, 0.1) is 12.8 Å². The maximum atomic E-state index is 12.3. The number of carbonyl (C=O) groups is 2. The van der Waals surface area contributed by atoms with Crippen molar-refractivity contribution in [2.45, 2.75) is 38.7 Å². The van der Waals surface area contributed by atoms with E-state index in [0.29, 0.717) is 18.1 Å². The molecule has 1 saturated heterocycles. The van der Waals surface area contributed by atoms with Gasteiger partial charge in [-0.1, -0.05) is 18.2 Å². The second-order valence-corrected chi connectivity index (χ2v) is 7.75. The number of benzene rings is 2. The van der Waals surface area contributed by atoms with Crippen LogP contribution in [0.3, 0.4) is 0 Å². The van der Waals surface area contributed by atoms with Gasteiger partial charge < -0.3 is 15.4 Å². The van der Waals surface area contributed by atoms with E-state index in [1.54, 1.807) is 0 Å². The standard InChI is InChI=1S/C23H26N2O3/c1-15-4-11-19(25-23(27)21-3-2-12-28-21)13-20(15)17-7-9-18(10-8-17)22(26)24-14-16-5-6-16/h4,7-11,13,16,21H,2-3,5-6,12,14H2,1H3,(H,24,26)(H,25,27). The van der Waals surface area contributed by atoms with Crippen LogP contribution in [0.1, 0.15) is 41.6 Å². The summed E-state index contributed by atoms with van der Waals surface area (Å²) in [5.74, 6) is 0.557. The first-order valence-electron chi connectivity index (χ1n) is 10.0. The summed E-state index contributed by atoms with van der Waals surface area (Å²) in [4.78, 5) is 24.5. The maximum Gasteiger partial charge on any atom is 0.253 e. The van der Waals surface area contributed by atoms with Crippen molar-refractivity contribution >= 4 is 17.5 Å². The Kier molecular flexibility index (Phi) is 5.44. The molecule has 1 heterocycles. The molecule has 5 heteroatoms. The topological polar surface area (TPSA) is 67.4 Å². The molecule has 1 saturated carbocycles. The number of ether oxygens (including phenoxy) is 1. The normalized spacial score (nSPS) is 18.7. The predicted octanol–water partition coefficient (Wildman–Crippen LogP) is 3.92. The van der Waals surface area contributed by atoms with Gasteiger partial charge in [-0.25, -0.2) is 0 Å². The minimum absolute atomic E-state index is 0.0206. The van der Waals surface area contributed by atoms with E-state index in [9.17, 15) is 9.59 Å². The van der Waals surface area contributed by atoms with Crippen molar-refractivity contribution in [1.82, 2.24) is 5.32 Å². The third kappa shape index (κ3) is 4.42. The Bertz CT molecular complexity index is 866. The monoisotopic (exact) mass is 378 g/mol. The summed E-state index contributed by atoms with van der Waals surface area (Å²) < 4.78 is 5.45. The van der Waals surface area contributed by atoms with Crippen LogP contribution in [-0.4, -0.2) is 31.1 Å². The van der Waals surface area contributed by atoms with Gasteiger partial charge >= 0.3 is 0 Å². The summed E-state index contributed by atoms with van der Waals surface area (Å²) >= 11 is 0. The molecule has 1 aliphatic heterocycles. The number of rotatable bonds is 6. The highest BCUT2D eigenvalue weighted by molar-refractivity contribution is 5.96. The van der Waals surface area contributed by atoms with Crippen LogP contribution in [0.15, 0.2) is 42.5 Å². The molecule has 0 spiro atoms. The van der Waals surface area contributed by atoms with Gasteiger partial charge in [-0.3, -0.25) is 9.59 Å². The van der Waals surface area contributed by atoms with Gasteiger partial charge in [-0.2, -0.15) is 0 Å². The Morgan fingerprint density at radius 3 is 2.54 bits per heavy atom. The van der Waals surface area contributed by atoms with Gasteiger partial charge in [-0.05, 0) is 79.5 Å². The number of nitrogens with one attached hydrogen (secondary N) is 2. The van der Waals surface area contributed by atoms with E-state index in [0.717, 1.165) is 41.8 Å². The van der Waals surface area contributed by atoms with Gasteiger partial charge in [0.1, 0.15) is 6.10 Å². The van der Waals surface area contributed by atoms with Gasteiger partial charge in [0.15, 0.2) is 0 Å². The molecule has 1 aliphatic carbocycles. The molecule has 1 unspecified atom stereocenters. The van der Waals surface area contributed by atoms with Gasteiger partial charge in [0.05, 0.1) is 0 Å². The van der Waals surface area contributed by atoms with E-state index in [1.807, 2.05) is 49.4 Å². The highest BCUT2D eigenvalue weighted by atomic mass is 16.5. The van der Waals surface area contributed by atoms with Crippen LogP contribution in [-0.2, 0) is 9.53 Å². The zero-order valence-electron chi connectivity index (χ0n) is 16.2. The molecule has 28 heavy (non-hydrogen) atoms. The highest BCUT2D eigenvalue weighted by Crippen LogP contribution is 2.29. The van der Waals surface area contributed by atoms with E-state index >= 15 is 0 Å². The minimum atomic E-state index is -0.349. The molecule has 1 atom stereocenters. The Labute approximate surface area is 165 Å². The lowest BCUT2D eigenvalue weighted by molar-refractivity contribution is -0.124. The van der Waals surface area contributed by atoms with Crippen LogP contribution < -0.4 is 10.6 Å². The first-order chi connectivity index (χ1) is 13.6. The van der Waals surface area contributed by atoms with Crippen molar-refractivity contribution < 1.29 is 14.3 Å². The van der Waals surface area contributed by atoms with E-state index in [2.05, 4.69) is 10.6 Å². The molecule has 2 aromatic carbocycles. The molecule has 2 N–H and O–H groups in total. The smallest absolute Gasteiger partial charge is 0.253 e. The fourth-order valence-electron chi connectivity index (χ4n) is 3.48. The Morgan fingerprint density at radius 1 is 1.07 bits per heavy atom. The molecule has 5 nitrogen and oxygen atoms in total. The number of anilines is 1. The number of hydrogen-bond donors (Lipinski definition) is 2. The van der Waals surface area contributed by atoms with Gasteiger partial charge in [0.2, 0.25) is 0 Å². The summed E-state index contributed by atoms with van der Waals surface area (Å²) in [6, 6.07) is 13.5. The Hall–Kier alpha value is -2.66. The SMILES string of the molecule is Cc1ccc(NC(=O)C2CCCO2)cc1-c1ccc(C(=O)NCC2CC2)cc1. The fraction of sp³-hybridized carbons (Fsp3) is 0.391. The average molecular weight is 378 g/mol. The molecule has 0 bridgehead atoms. The molecular weight excluding hydrogens is 352 g/mol. The molecule has 146 valence electrons. The first kappa shape index (κ1) is 18.7. The van der Waals surface area contributed by atoms with Crippen molar-refractivity contribution in [2.24, 2.45) is 5.92 Å². The van der Waals surface area contributed by atoms with E-state index in [-0.39, 0.29) is 17.9 Å². The number of amides is 2. The number of hydrogen-bond acceptors (Lipinski definition) is 3. The van der Waals surface area contributed by atoms with Crippen LogP contribution in [0.25, 0.3) is 11.1 Å². The molecule has 2 fully saturated rings. The molecule has 2 amide bonds. The van der Waals surface area contributed by atoms with Gasteiger partial charge in [0, 0.05) is 24.4 Å². The fourth-order valence-corrected chi connectivity index (χ4v) is 3.48. The predicted molar refractivity (Wildman–Crippen MR) is 109 cm³/mol. The second kappa shape index (κ2) is 8.15. The van der Waals surface area contributed by atoms with E-state index in [4.69, 9.17) is 4.74 Å². The zero-order valence-corrected chi connectivity index (χ0v) is 16.2. The quantitative estimate of drug-likeness (QED) is 0.801. The van der Waals surface area contributed by atoms with Crippen molar-refractivity contribution in [3.63, 3.8) is 0 Å². The lowest BCUT2D eigenvalue weighted by Gasteiger charge is -2.13. The van der Waals surface area contributed by atoms with Crippen LogP contribution >= 0.6 is 0 Å². The van der Waals surface area contributed by atoms with Gasteiger partial charge in [0.25, 0.3) is 11.8 Å². The summed E-state index contributed by atoms with van der Waals surface area (Å²) in [5.41, 5.74) is 4.60.